The van der Waals surface area contributed by atoms with E-state index in [2.05, 4.69) is 15.4 Å². The lowest BCUT2D eigenvalue weighted by atomic mass is 10.1. The van der Waals surface area contributed by atoms with Crippen LogP contribution >= 0.6 is 0 Å². The first-order valence-electron chi connectivity index (χ1n) is 10.9. The maximum atomic E-state index is 12.4. The summed E-state index contributed by atoms with van der Waals surface area (Å²) in [6.45, 7) is 4.75. The van der Waals surface area contributed by atoms with Gasteiger partial charge in [0.25, 0.3) is 0 Å². The third-order valence-electron chi connectivity index (χ3n) is 4.99. The van der Waals surface area contributed by atoms with E-state index in [-0.39, 0.29) is 18.2 Å². The second-order valence-corrected chi connectivity index (χ2v) is 9.90. The maximum absolute atomic E-state index is 12.4. The highest BCUT2D eigenvalue weighted by Gasteiger charge is 2.25. The van der Waals surface area contributed by atoms with E-state index in [0.29, 0.717) is 37.4 Å². The number of hydrogen-bond donors (Lipinski definition) is 3. The number of ether oxygens (including phenoxy) is 1. The molecule has 0 spiro atoms. The summed E-state index contributed by atoms with van der Waals surface area (Å²) >= 11 is 0. The molecule has 178 valence electrons. The van der Waals surface area contributed by atoms with E-state index in [0.717, 1.165) is 5.69 Å². The summed E-state index contributed by atoms with van der Waals surface area (Å²) in [7, 11) is -3.86. The van der Waals surface area contributed by atoms with Crippen molar-refractivity contribution in [2.75, 3.05) is 28.9 Å². The molecular formula is C23H30N4O5S. The van der Waals surface area contributed by atoms with Gasteiger partial charge in [0, 0.05) is 30.5 Å². The minimum Gasteiger partial charge on any atom is -0.491 e. The number of benzene rings is 2. The molecule has 9 nitrogen and oxygen atoms in total. The first kappa shape index (κ1) is 24.4. The molecule has 0 bridgehead atoms. The van der Waals surface area contributed by atoms with Crippen LogP contribution in [0.3, 0.4) is 0 Å². The summed E-state index contributed by atoms with van der Waals surface area (Å²) in [6.07, 6.45) is 1.12. The molecule has 10 heteroatoms. The summed E-state index contributed by atoms with van der Waals surface area (Å²) in [5.41, 5.74) is 1.08. The van der Waals surface area contributed by atoms with Gasteiger partial charge in [-0.2, -0.15) is 0 Å². The molecule has 1 saturated heterocycles. The molecule has 0 unspecified atom stereocenters. The molecule has 1 heterocycles. The summed E-state index contributed by atoms with van der Waals surface area (Å²) < 4.78 is 32.7. The van der Waals surface area contributed by atoms with E-state index in [1.54, 1.807) is 29.2 Å². The Kier molecular flexibility index (Phi) is 8.16. The number of carbonyl (C=O) groups is 2. The van der Waals surface area contributed by atoms with Gasteiger partial charge in [-0.3, -0.25) is 9.52 Å². The van der Waals surface area contributed by atoms with Gasteiger partial charge in [-0.25, -0.2) is 13.2 Å². The van der Waals surface area contributed by atoms with Crippen LogP contribution in [0.5, 0.6) is 5.75 Å². The molecule has 1 fully saturated rings. The molecule has 0 atom stereocenters. The number of urea groups is 1. The van der Waals surface area contributed by atoms with Gasteiger partial charge in [-0.1, -0.05) is 18.2 Å². The molecule has 0 radical (unpaired) electrons. The van der Waals surface area contributed by atoms with E-state index >= 15 is 0 Å². The van der Waals surface area contributed by atoms with Crippen LogP contribution in [0.1, 0.15) is 26.7 Å². The van der Waals surface area contributed by atoms with Crippen molar-refractivity contribution >= 4 is 33.3 Å². The molecule has 0 saturated carbocycles. The van der Waals surface area contributed by atoms with Crippen molar-refractivity contribution in [3.05, 3.63) is 54.6 Å². The van der Waals surface area contributed by atoms with Gasteiger partial charge in [0.15, 0.2) is 0 Å². The van der Waals surface area contributed by atoms with Crippen LogP contribution in [0.4, 0.5) is 16.2 Å². The van der Waals surface area contributed by atoms with Gasteiger partial charge in [0.05, 0.1) is 6.10 Å². The van der Waals surface area contributed by atoms with Gasteiger partial charge in [-0.15, -0.1) is 0 Å². The van der Waals surface area contributed by atoms with Crippen LogP contribution in [-0.4, -0.2) is 56.2 Å². The smallest absolute Gasteiger partial charge is 0.321 e. The Hall–Kier alpha value is -3.27. The second kappa shape index (κ2) is 11.0. The fraction of sp³-hybridized carbons (Fsp3) is 0.391. The molecule has 0 aromatic heterocycles. The third kappa shape index (κ3) is 7.98. The highest BCUT2D eigenvalue weighted by molar-refractivity contribution is 7.93. The lowest BCUT2D eigenvalue weighted by molar-refractivity contribution is -0.119. The SMILES string of the molecule is CC(C)Oc1ccc(NS(=O)(=O)CC(=O)NC2CCN(C(=O)Nc3ccccc3)CC2)cc1. The van der Waals surface area contributed by atoms with E-state index in [9.17, 15) is 18.0 Å². The second-order valence-electron chi connectivity index (χ2n) is 8.18. The van der Waals surface area contributed by atoms with E-state index in [1.165, 1.54) is 0 Å². The molecule has 3 amide bonds. The number of likely N-dealkylation sites (tertiary alicyclic amines) is 1. The lowest BCUT2D eigenvalue weighted by Gasteiger charge is -2.32. The van der Waals surface area contributed by atoms with Gasteiger partial charge in [0.1, 0.15) is 11.5 Å². The van der Waals surface area contributed by atoms with Crippen LogP contribution in [0.25, 0.3) is 0 Å². The van der Waals surface area contributed by atoms with Gasteiger partial charge in [0.2, 0.25) is 15.9 Å². The van der Waals surface area contributed by atoms with Crippen molar-refractivity contribution in [3.8, 4) is 5.75 Å². The van der Waals surface area contributed by atoms with Crippen molar-refractivity contribution < 1.29 is 22.7 Å². The zero-order valence-electron chi connectivity index (χ0n) is 18.8. The number of piperidine rings is 1. The molecule has 0 aliphatic carbocycles. The Morgan fingerprint density at radius 1 is 1.00 bits per heavy atom. The zero-order valence-corrected chi connectivity index (χ0v) is 19.6. The van der Waals surface area contributed by atoms with Gasteiger partial charge in [-0.05, 0) is 63.1 Å². The van der Waals surface area contributed by atoms with Crippen LogP contribution in [-0.2, 0) is 14.8 Å². The van der Waals surface area contributed by atoms with E-state index in [1.807, 2.05) is 44.2 Å². The van der Waals surface area contributed by atoms with Crippen LogP contribution in [0, 0.1) is 0 Å². The molecule has 2 aromatic carbocycles. The first-order valence-corrected chi connectivity index (χ1v) is 12.5. The molecule has 1 aliphatic rings. The summed E-state index contributed by atoms with van der Waals surface area (Å²) in [5.74, 6) is -0.615. The van der Waals surface area contributed by atoms with Gasteiger partial charge < -0.3 is 20.3 Å². The average molecular weight is 475 g/mol. The number of anilines is 2. The number of para-hydroxylation sites is 1. The number of sulfonamides is 1. The number of rotatable bonds is 8. The topological polar surface area (TPSA) is 117 Å². The van der Waals surface area contributed by atoms with Crippen LogP contribution in [0.2, 0.25) is 0 Å². The summed E-state index contributed by atoms with van der Waals surface area (Å²) in [6, 6.07) is 15.3. The minimum absolute atomic E-state index is 0.0151. The molecule has 3 rings (SSSR count). The quantitative estimate of drug-likeness (QED) is 0.544. The first-order chi connectivity index (χ1) is 15.7. The van der Waals surface area contributed by atoms with Crippen molar-refractivity contribution in [1.82, 2.24) is 10.2 Å². The number of nitrogens with one attached hydrogen (secondary N) is 3. The Bertz CT molecular complexity index is 1030. The Morgan fingerprint density at radius 3 is 2.24 bits per heavy atom. The molecule has 2 aromatic rings. The lowest BCUT2D eigenvalue weighted by Crippen LogP contribution is -2.48. The predicted octanol–water partition coefficient (Wildman–Crippen LogP) is 3.03. The maximum Gasteiger partial charge on any atom is 0.321 e. The predicted molar refractivity (Wildman–Crippen MR) is 128 cm³/mol. The Balaban J connectivity index is 1.42. The number of amides is 3. The fourth-order valence-electron chi connectivity index (χ4n) is 3.48. The fourth-order valence-corrected chi connectivity index (χ4v) is 4.48. The standard InChI is InChI=1S/C23H30N4O5S/c1-17(2)32-21-10-8-20(9-11-21)26-33(30,31)16-22(28)24-19-12-14-27(15-13-19)23(29)25-18-6-4-3-5-7-18/h3-11,17,19,26H,12-16H2,1-2H3,(H,24,28)(H,25,29). The zero-order chi connectivity index (χ0) is 23.8. The van der Waals surface area contributed by atoms with Crippen molar-refractivity contribution in [2.45, 2.75) is 38.8 Å². The molecule has 33 heavy (non-hydrogen) atoms. The minimum atomic E-state index is -3.86. The van der Waals surface area contributed by atoms with Gasteiger partial charge >= 0.3 is 6.03 Å². The van der Waals surface area contributed by atoms with E-state index in [4.69, 9.17) is 4.74 Å². The van der Waals surface area contributed by atoms with E-state index < -0.39 is 21.7 Å². The highest BCUT2D eigenvalue weighted by atomic mass is 32.2. The Labute approximate surface area is 194 Å². The number of nitrogens with zero attached hydrogens (tertiary/aromatic N) is 1. The number of hydrogen-bond acceptors (Lipinski definition) is 5. The van der Waals surface area contributed by atoms with Crippen molar-refractivity contribution in [1.29, 1.82) is 0 Å². The molecule has 3 N–H and O–H groups in total. The third-order valence-corrected chi connectivity index (χ3v) is 6.18. The van der Waals surface area contributed by atoms with Crippen molar-refractivity contribution in [2.24, 2.45) is 0 Å². The van der Waals surface area contributed by atoms with Crippen LogP contribution < -0.4 is 20.1 Å². The summed E-state index contributed by atoms with van der Waals surface area (Å²) in [5, 5.41) is 5.60. The summed E-state index contributed by atoms with van der Waals surface area (Å²) in [4.78, 5) is 26.4. The molecule has 1 aliphatic heterocycles. The van der Waals surface area contributed by atoms with Crippen LogP contribution in [0.15, 0.2) is 54.6 Å². The molecular weight excluding hydrogens is 444 g/mol. The Morgan fingerprint density at radius 2 is 1.64 bits per heavy atom. The average Bonchev–Trinajstić information content (AvgIpc) is 2.75. The monoisotopic (exact) mass is 474 g/mol. The largest absolute Gasteiger partial charge is 0.491 e. The normalized spacial score (nSPS) is 14.6. The number of carbonyl (C=O) groups excluding carboxylic acids is 2. The highest BCUT2D eigenvalue weighted by Crippen LogP contribution is 2.18. The van der Waals surface area contributed by atoms with Crippen molar-refractivity contribution in [3.63, 3.8) is 0 Å².